The van der Waals surface area contributed by atoms with Crippen LogP contribution in [-0.4, -0.2) is 11.1 Å². The zero-order chi connectivity index (χ0) is 13.3. The van der Waals surface area contributed by atoms with Crippen LogP contribution in [0.3, 0.4) is 0 Å². The van der Waals surface area contributed by atoms with E-state index in [0.29, 0.717) is 0 Å². The molecule has 1 atom stereocenters. The summed E-state index contributed by atoms with van der Waals surface area (Å²) in [5, 5.41) is 8.83. The summed E-state index contributed by atoms with van der Waals surface area (Å²) >= 11 is 0. The van der Waals surface area contributed by atoms with E-state index in [1.54, 1.807) is 0 Å². The molecule has 0 saturated heterocycles. The summed E-state index contributed by atoms with van der Waals surface area (Å²) in [6.07, 6.45) is -0.749. The quantitative estimate of drug-likeness (QED) is 0.376. The molecule has 1 aromatic rings. The third-order valence-corrected chi connectivity index (χ3v) is 2.15. The van der Waals surface area contributed by atoms with Crippen LogP contribution < -0.4 is 5.73 Å². The molecule has 0 amide bonds. The standard InChI is InChI=1S/C10H8F5NO/c1-3(17)5(16)2-4-6(11)8(13)10(15)9(14)7(4)12/h5,17H,1-2,16H2. The lowest BCUT2D eigenvalue weighted by molar-refractivity contribution is 0.350. The smallest absolute Gasteiger partial charge is 0.200 e. The van der Waals surface area contributed by atoms with Gasteiger partial charge >= 0.3 is 0 Å². The van der Waals surface area contributed by atoms with Gasteiger partial charge < -0.3 is 10.8 Å². The monoisotopic (exact) mass is 253 g/mol. The van der Waals surface area contributed by atoms with Gasteiger partial charge in [-0.1, -0.05) is 6.58 Å². The number of hydrogen-bond donors (Lipinski definition) is 2. The van der Waals surface area contributed by atoms with Gasteiger partial charge in [0.2, 0.25) is 5.82 Å². The Bertz CT molecular complexity index is 445. The van der Waals surface area contributed by atoms with E-state index in [1.165, 1.54) is 0 Å². The predicted octanol–water partition coefficient (Wildman–Crippen LogP) is 2.32. The fourth-order valence-electron chi connectivity index (χ4n) is 1.17. The molecule has 0 bridgehead atoms. The van der Waals surface area contributed by atoms with Crippen molar-refractivity contribution in [3.63, 3.8) is 0 Å². The first-order valence-electron chi connectivity index (χ1n) is 4.41. The van der Waals surface area contributed by atoms with Crippen molar-refractivity contribution in [2.75, 3.05) is 0 Å². The molecule has 0 aliphatic carbocycles. The van der Waals surface area contributed by atoms with E-state index in [4.69, 9.17) is 10.8 Å². The number of aliphatic hydroxyl groups excluding tert-OH is 1. The van der Waals surface area contributed by atoms with Gasteiger partial charge in [0.15, 0.2) is 23.3 Å². The molecule has 94 valence electrons. The molecule has 0 aromatic heterocycles. The molecular formula is C10H8F5NO. The Morgan fingerprint density at radius 2 is 1.35 bits per heavy atom. The molecule has 0 heterocycles. The van der Waals surface area contributed by atoms with Crippen molar-refractivity contribution in [2.45, 2.75) is 12.5 Å². The Morgan fingerprint density at radius 1 is 1.00 bits per heavy atom. The van der Waals surface area contributed by atoms with Crippen LogP contribution in [0.1, 0.15) is 5.56 Å². The van der Waals surface area contributed by atoms with Gasteiger partial charge in [-0.2, -0.15) is 0 Å². The van der Waals surface area contributed by atoms with Gasteiger partial charge in [-0.15, -0.1) is 0 Å². The molecule has 0 spiro atoms. The molecule has 0 aliphatic heterocycles. The highest BCUT2D eigenvalue weighted by Crippen LogP contribution is 2.24. The van der Waals surface area contributed by atoms with Crippen LogP contribution in [0, 0.1) is 29.1 Å². The van der Waals surface area contributed by atoms with Gasteiger partial charge in [-0.25, -0.2) is 22.0 Å². The number of nitrogens with two attached hydrogens (primary N) is 1. The van der Waals surface area contributed by atoms with E-state index in [1.807, 2.05) is 0 Å². The molecule has 1 rings (SSSR count). The Kier molecular flexibility index (Phi) is 3.72. The summed E-state index contributed by atoms with van der Waals surface area (Å²) in [5.41, 5.74) is 4.12. The van der Waals surface area contributed by atoms with Gasteiger partial charge in [0, 0.05) is 12.0 Å². The van der Waals surface area contributed by atoms with Crippen LogP contribution in [0.2, 0.25) is 0 Å². The van der Waals surface area contributed by atoms with Crippen molar-refractivity contribution < 1.29 is 27.1 Å². The highest BCUT2D eigenvalue weighted by atomic mass is 19.2. The lowest BCUT2D eigenvalue weighted by Gasteiger charge is -2.12. The van der Waals surface area contributed by atoms with Crippen molar-refractivity contribution in [3.05, 3.63) is 47.0 Å². The molecule has 3 N–H and O–H groups in total. The molecule has 0 saturated carbocycles. The Labute approximate surface area is 93.2 Å². The predicted molar refractivity (Wildman–Crippen MR) is 49.7 cm³/mol. The third-order valence-electron chi connectivity index (χ3n) is 2.15. The number of halogens is 5. The number of rotatable bonds is 3. The van der Waals surface area contributed by atoms with Gasteiger partial charge in [0.05, 0.1) is 6.04 Å². The van der Waals surface area contributed by atoms with E-state index in [-0.39, 0.29) is 0 Å². The minimum Gasteiger partial charge on any atom is -0.511 e. The van der Waals surface area contributed by atoms with E-state index >= 15 is 0 Å². The number of aliphatic hydroxyl groups is 1. The zero-order valence-corrected chi connectivity index (χ0v) is 8.41. The molecular weight excluding hydrogens is 245 g/mol. The Balaban J connectivity index is 3.30. The normalized spacial score (nSPS) is 12.6. The SMILES string of the molecule is C=C(O)C(N)Cc1c(F)c(F)c(F)c(F)c1F. The highest BCUT2D eigenvalue weighted by Gasteiger charge is 2.26. The third kappa shape index (κ3) is 2.38. The summed E-state index contributed by atoms with van der Waals surface area (Å²) in [6.45, 7) is 3.00. The first kappa shape index (κ1) is 13.4. The molecule has 1 unspecified atom stereocenters. The lowest BCUT2D eigenvalue weighted by atomic mass is 10.0. The largest absolute Gasteiger partial charge is 0.511 e. The highest BCUT2D eigenvalue weighted by molar-refractivity contribution is 5.25. The van der Waals surface area contributed by atoms with Crippen molar-refractivity contribution in [2.24, 2.45) is 5.73 Å². The average molecular weight is 253 g/mol. The maximum atomic E-state index is 13.1. The lowest BCUT2D eigenvalue weighted by Crippen LogP contribution is -2.26. The molecule has 0 radical (unpaired) electrons. The van der Waals surface area contributed by atoms with Crippen LogP contribution in [0.5, 0.6) is 0 Å². The summed E-state index contributed by atoms with van der Waals surface area (Å²) in [4.78, 5) is 0. The second-order valence-electron chi connectivity index (χ2n) is 3.35. The molecule has 0 aliphatic rings. The molecule has 2 nitrogen and oxygen atoms in total. The van der Waals surface area contributed by atoms with Crippen LogP contribution in [0.4, 0.5) is 22.0 Å². The van der Waals surface area contributed by atoms with Crippen molar-refractivity contribution in [1.82, 2.24) is 0 Å². The fourth-order valence-corrected chi connectivity index (χ4v) is 1.17. The van der Waals surface area contributed by atoms with Crippen LogP contribution >= 0.6 is 0 Å². The minimum absolute atomic E-state index is 0.617. The maximum absolute atomic E-state index is 13.1. The zero-order valence-electron chi connectivity index (χ0n) is 8.41. The molecule has 0 fully saturated rings. The first-order chi connectivity index (χ1) is 7.77. The summed E-state index contributed by atoms with van der Waals surface area (Å²) in [7, 11) is 0. The number of hydrogen-bond acceptors (Lipinski definition) is 2. The summed E-state index contributed by atoms with van der Waals surface area (Å²) < 4.78 is 64.5. The summed E-state index contributed by atoms with van der Waals surface area (Å²) in [5.74, 6) is -10.9. The maximum Gasteiger partial charge on any atom is 0.200 e. The van der Waals surface area contributed by atoms with Gasteiger partial charge in [0.25, 0.3) is 0 Å². The van der Waals surface area contributed by atoms with Gasteiger partial charge in [-0.05, 0) is 0 Å². The average Bonchev–Trinajstić information content (AvgIpc) is 2.29. The van der Waals surface area contributed by atoms with Gasteiger partial charge in [0.1, 0.15) is 5.76 Å². The van der Waals surface area contributed by atoms with Crippen molar-refractivity contribution in [3.8, 4) is 0 Å². The fraction of sp³-hybridized carbons (Fsp3) is 0.200. The van der Waals surface area contributed by atoms with Crippen LogP contribution in [-0.2, 0) is 6.42 Å². The molecule has 1 aromatic carbocycles. The molecule has 7 heteroatoms. The van der Waals surface area contributed by atoms with Crippen molar-refractivity contribution in [1.29, 1.82) is 0 Å². The first-order valence-corrected chi connectivity index (χ1v) is 4.41. The van der Waals surface area contributed by atoms with Crippen LogP contribution in [0.25, 0.3) is 0 Å². The van der Waals surface area contributed by atoms with E-state index in [0.717, 1.165) is 0 Å². The number of benzene rings is 1. The van der Waals surface area contributed by atoms with Gasteiger partial charge in [-0.3, -0.25) is 0 Å². The van der Waals surface area contributed by atoms with E-state index in [2.05, 4.69) is 6.58 Å². The van der Waals surface area contributed by atoms with E-state index < -0.39 is 52.9 Å². The van der Waals surface area contributed by atoms with Crippen LogP contribution in [0.15, 0.2) is 12.3 Å². The van der Waals surface area contributed by atoms with E-state index in [9.17, 15) is 22.0 Å². The topological polar surface area (TPSA) is 46.2 Å². The Hall–Kier alpha value is -1.63. The Morgan fingerprint density at radius 3 is 1.71 bits per heavy atom. The second kappa shape index (κ2) is 4.70. The minimum atomic E-state index is -2.24. The summed E-state index contributed by atoms with van der Waals surface area (Å²) in [6, 6.07) is -1.32. The second-order valence-corrected chi connectivity index (χ2v) is 3.35. The van der Waals surface area contributed by atoms with Crippen molar-refractivity contribution >= 4 is 0 Å². The molecule has 17 heavy (non-hydrogen) atoms.